The van der Waals surface area contributed by atoms with Gasteiger partial charge in [-0.2, -0.15) is 0 Å². The minimum Gasteiger partial charge on any atom is -0.497 e. The van der Waals surface area contributed by atoms with E-state index in [-0.39, 0.29) is 17.6 Å². The Balaban J connectivity index is 1.58. The maximum atomic E-state index is 12.8. The first-order valence-electron chi connectivity index (χ1n) is 9.46. The summed E-state index contributed by atoms with van der Waals surface area (Å²) in [5.74, 6) is 1.13. The molecule has 0 fully saturated rings. The molecule has 7 nitrogen and oxygen atoms in total. The van der Waals surface area contributed by atoms with E-state index in [4.69, 9.17) is 13.9 Å². The van der Waals surface area contributed by atoms with E-state index in [0.29, 0.717) is 30.2 Å². The molecule has 3 aromatic rings. The number of likely N-dealkylation sites (N-methyl/N-ethyl adjacent to an activating group) is 1. The van der Waals surface area contributed by atoms with E-state index in [9.17, 15) is 9.59 Å². The van der Waals surface area contributed by atoms with Gasteiger partial charge in [0.1, 0.15) is 18.1 Å². The van der Waals surface area contributed by atoms with Crippen molar-refractivity contribution < 1.29 is 23.5 Å². The number of rotatable bonds is 8. The lowest BCUT2D eigenvalue weighted by atomic mass is 10.1. The second-order valence-corrected chi connectivity index (χ2v) is 6.71. The molecule has 0 aliphatic heterocycles. The fourth-order valence-electron chi connectivity index (χ4n) is 2.78. The third-order valence-electron chi connectivity index (χ3n) is 4.58. The summed E-state index contributed by atoms with van der Waals surface area (Å²) in [7, 11) is 3.32. The molecule has 3 rings (SSSR count). The van der Waals surface area contributed by atoms with Gasteiger partial charge in [0.15, 0.2) is 5.76 Å². The number of furan rings is 1. The Morgan fingerprint density at radius 2 is 1.80 bits per heavy atom. The molecular weight excluding hydrogens is 384 g/mol. The van der Waals surface area contributed by atoms with Crippen molar-refractivity contribution in [2.75, 3.05) is 32.6 Å². The molecule has 1 heterocycles. The van der Waals surface area contributed by atoms with Crippen molar-refractivity contribution >= 4 is 17.5 Å². The maximum absolute atomic E-state index is 12.8. The third kappa shape index (κ3) is 5.20. The highest BCUT2D eigenvalue weighted by molar-refractivity contribution is 6.03. The quantitative estimate of drug-likeness (QED) is 0.609. The Hall–Kier alpha value is -3.74. The molecule has 2 aromatic carbocycles. The Morgan fingerprint density at radius 3 is 2.47 bits per heavy atom. The number of nitrogens with one attached hydrogen (secondary N) is 1. The van der Waals surface area contributed by atoms with Crippen LogP contribution >= 0.6 is 0 Å². The summed E-state index contributed by atoms with van der Waals surface area (Å²) in [5, 5.41) is 2.78. The molecule has 2 amide bonds. The number of anilines is 1. The Morgan fingerprint density at radius 1 is 1.07 bits per heavy atom. The molecule has 0 aliphatic rings. The fraction of sp³-hybridized carbons (Fsp3) is 0.217. The van der Waals surface area contributed by atoms with E-state index in [1.165, 1.54) is 6.26 Å². The first-order chi connectivity index (χ1) is 14.5. The summed E-state index contributed by atoms with van der Waals surface area (Å²) in [5.41, 5.74) is 1.88. The summed E-state index contributed by atoms with van der Waals surface area (Å²) < 4.78 is 15.9. The second kappa shape index (κ2) is 9.65. The molecule has 0 atom stereocenters. The van der Waals surface area contributed by atoms with Gasteiger partial charge in [-0.25, -0.2) is 0 Å². The number of amides is 2. The number of aryl methyl sites for hydroxylation is 1. The number of hydrogen-bond acceptors (Lipinski definition) is 5. The van der Waals surface area contributed by atoms with Crippen molar-refractivity contribution in [2.24, 2.45) is 0 Å². The number of nitrogens with zero attached hydrogens (tertiary/aromatic N) is 1. The van der Waals surface area contributed by atoms with E-state index in [2.05, 4.69) is 5.32 Å². The molecule has 0 aliphatic carbocycles. The van der Waals surface area contributed by atoms with Crippen LogP contribution < -0.4 is 14.8 Å². The first kappa shape index (κ1) is 21.0. The van der Waals surface area contributed by atoms with Gasteiger partial charge in [0.25, 0.3) is 11.8 Å². The van der Waals surface area contributed by atoms with Crippen LogP contribution in [0.25, 0.3) is 0 Å². The third-order valence-corrected chi connectivity index (χ3v) is 4.58. The minimum atomic E-state index is -0.367. The normalized spacial score (nSPS) is 10.4. The van der Waals surface area contributed by atoms with Gasteiger partial charge in [-0.1, -0.05) is 6.07 Å². The smallest absolute Gasteiger partial charge is 0.291 e. The van der Waals surface area contributed by atoms with E-state index < -0.39 is 0 Å². The molecule has 156 valence electrons. The number of carbonyl (C=O) groups is 2. The average molecular weight is 408 g/mol. The summed E-state index contributed by atoms with van der Waals surface area (Å²) in [4.78, 5) is 26.6. The zero-order valence-corrected chi connectivity index (χ0v) is 17.2. The number of carbonyl (C=O) groups excluding carboxylic acids is 2. The van der Waals surface area contributed by atoms with Crippen LogP contribution in [0.4, 0.5) is 5.69 Å². The second-order valence-electron chi connectivity index (χ2n) is 6.71. The molecular formula is C23H24N2O5. The van der Waals surface area contributed by atoms with Crippen LogP contribution in [-0.2, 0) is 0 Å². The summed E-state index contributed by atoms with van der Waals surface area (Å²) in [6, 6.07) is 15.7. The van der Waals surface area contributed by atoms with Gasteiger partial charge in [-0.15, -0.1) is 0 Å². The number of hydrogen-bond donors (Lipinski definition) is 1. The fourth-order valence-corrected chi connectivity index (χ4v) is 2.78. The zero-order valence-electron chi connectivity index (χ0n) is 17.2. The molecule has 0 bridgehead atoms. The van der Waals surface area contributed by atoms with Crippen molar-refractivity contribution in [3.05, 3.63) is 77.7 Å². The van der Waals surface area contributed by atoms with Gasteiger partial charge in [-0.3, -0.25) is 9.59 Å². The number of methoxy groups -OCH3 is 1. The first-order valence-corrected chi connectivity index (χ1v) is 9.46. The highest BCUT2D eigenvalue weighted by atomic mass is 16.5. The van der Waals surface area contributed by atoms with Crippen molar-refractivity contribution in [3.63, 3.8) is 0 Å². The lowest BCUT2D eigenvalue weighted by Gasteiger charge is -2.18. The van der Waals surface area contributed by atoms with E-state index in [1.807, 2.05) is 31.2 Å². The molecule has 30 heavy (non-hydrogen) atoms. The Kier molecular flexibility index (Phi) is 6.75. The number of ether oxygens (including phenoxy) is 2. The predicted molar refractivity (Wildman–Crippen MR) is 113 cm³/mol. The van der Waals surface area contributed by atoms with Crippen molar-refractivity contribution in [1.29, 1.82) is 0 Å². The Labute approximate surface area is 175 Å². The molecule has 0 unspecified atom stereocenters. The predicted octanol–water partition coefficient (Wildman–Crippen LogP) is 4.00. The zero-order chi connectivity index (χ0) is 21.5. The lowest BCUT2D eigenvalue weighted by Crippen LogP contribution is -2.31. The summed E-state index contributed by atoms with van der Waals surface area (Å²) in [6.07, 6.45) is 1.44. The monoisotopic (exact) mass is 408 g/mol. The molecule has 7 heteroatoms. The van der Waals surface area contributed by atoms with Gasteiger partial charge in [0.2, 0.25) is 0 Å². The lowest BCUT2D eigenvalue weighted by molar-refractivity contribution is 0.0773. The largest absolute Gasteiger partial charge is 0.497 e. The van der Waals surface area contributed by atoms with Crippen molar-refractivity contribution in [1.82, 2.24) is 4.90 Å². The average Bonchev–Trinajstić information content (AvgIpc) is 3.30. The standard InChI is InChI=1S/C23H24N2O5/c1-16-6-7-17(15-20(16)24-22(26)21-5-4-13-30-21)23(27)25(2)12-14-29-19-10-8-18(28-3)9-11-19/h4-11,13,15H,12,14H2,1-3H3,(H,24,26). The topological polar surface area (TPSA) is 81.0 Å². The van der Waals surface area contributed by atoms with E-state index >= 15 is 0 Å². The van der Waals surface area contributed by atoms with Crippen LogP contribution in [0.15, 0.2) is 65.3 Å². The Bertz CT molecular complexity index is 997. The van der Waals surface area contributed by atoms with Crippen LogP contribution in [0.2, 0.25) is 0 Å². The maximum Gasteiger partial charge on any atom is 0.291 e. The molecule has 0 saturated carbocycles. The highest BCUT2D eigenvalue weighted by Crippen LogP contribution is 2.20. The molecule has 0 radical (unpaired) electrons. The van der Waals surface area contributed by atoms with Gasteiger partial charge < -0.3 is 24.1 Å². The van der Waals surface area contributed by atoms with E-state index in [1.54, 1.807) is 49.4 Å². The highest BCUT2D eigenvalue weighted by Gasteiger charge is 2.15. The van der Waals surface area contributed by atoms with Crippen molar-refractivity contribution in [3.8, 4) is 11.5 Å². The molecule has 1 aromatic heterocycles. The minimum absolute atomic E-state index is 0.165. The van der Waals surface area contributed by atoms with Crippen LogP contribution in [0.3, 0.4) is 0 Å². The van der Waals surface area contributed by atoms with E-state index in [0.717, 1.165) is 11.3 Å². The van der Waals surface area contributed by atoms with Crippen LogP contribution in [0.1, 0.15) is 26.5 Å². The SMILES string of the molecule is COc1ccc(OCCN(C)C(=O)c2ccc(C)c(NC(=O)c3ccco3)c2)cc1. The van der Waals surface area contributed by atoms with Gasteiger partial charge in [0, 0.05) is 18.3 Å². The van der Waals surface area contributed by atoms with Gasteiger partial charge in [-0.05, 0) is 61.0 Å². The number of benzene rings is 2. The van der Waals surface area contributed by atoms with Crippen LogP contribution in [0, 0.1) is 6.92 Å². The molecule has 0 spiro atoms. The van der Waals surface area contributed by atoms with Crippen LogP contribution in [-0.4, -0.2) is 44.0 Å². The van der Waals surface area contributed by atoms with Crippen LogP contribution in [0.5, 0.6) is 11.5 Å². The van der Waals surface area contributed by atoms with Crippen molar-refractivity contribution in [2.45, 2.75) is 6.92 Å². The van der Waals surface area contributed by atoms with Gasteiger partial charge >= 0.3 is 0 Å². The summed E-state index contributed by atoms with van der Waals surface area (Å²) >= 11 is 0. The molecule has 1 N–H and O–H groups in total. The summed E-state index contributed by atoms with van der Waals surface area (Å²) in [6.45, 7) is 2.62. The van der Waals surface area contributed by atoms with Gasteiger partial charge in [0.05, 0.1) is 19.9 Å². The molecule has 0 saturated heterocycles.